The van der Waals surface area contributed by atoms with E-state index in [9.17, 15) is 14.9 Å². The van der Waals surface area contributed by atoms with E-state index in [0.29, 0.717) is 17.9 Å². The zero-order valence-corrected chi connectivity index (χ0v) is 15.4. The van der Waals surface area contributed by atoms with Crippen LogP contribution in [0.4, 0.5) is 11.7 Å². The Hall–Kier alpha value is -3.81. The molecule has 3 aromatic rings. The number of carbonyl (C=O) groups is 1. The molecule has 0 aliphatic rings. The smallest absolute Gasteiger partial charge is 0.322 e. The molecule has 0 atom stereocenters. The summed E-state index contributed by atoms with van der Waals surface area (Å²) in [6.45, 7) is 4.04. The van der Waals surface area contributed by atoms with E-state index < -0.39 is 10.8 Å². The van der Waals surface area contributed by atoms with E-state index in [0.717, 1.165) is 11.1 Å². The molecular formula is C20H18N4O4. The second kappa shape index (κ2) is 8.26. The zero-order valence-electron chi connectivity index (χ0n) is 15.4. The highest BCUT2D eigenvalue weighted by atomic mass is 16.6. The Morgan fingerprint density at radius 2 is 2.04 bits per heavy atom. The average molecular weight is 378 g/mol. The monoisotopic (exact) mass is 378 g/mol. The summed E-state index contributed by atoms with van der Waals surface area (Å²) in [5, 5.41) is 21.0. The summed E-state index contributed by atoms with van der Waals surface area (Å²) in [6.07, 6.45) is 3.18. The standard InChI is InChI=1S/C20H18N4O4/c1-13-6-8-16(14(2)10-13)12-19-22-23-20(28-19)21-18(25)9-7-15-4-3-5-17(11-15)24(26)27/h3-11H,12H2,1-2H3,(H,21,23,25). The predicted molar refractivity (Wildman–Crippen MR) is 104 cm³/mol. The van der Waals surface area contributed by atoms with Crippen molar-refractivity contribution in [3.05, 3.63) is 86.8 Å². The number of nitrogens with one attached hydrogen (secondary N) is 1. The van der Waals surface area contributed by atoms with Gasteiger partial charge in [-0.05, 0) is 36.6 Å². The van der Waals surface area contributed by atoms with Gasteiger partial charge in [-0.2, -0.15) is 0 Å². The molecule has 1 amide bonds. The van der Waals surface area contributed by atoms with Crippen LogP contribution < -0.4 is 5.32 Å². The van der Waals surface area contributed by atoms with Gasteiger partial charge < -0.3 is 4.42 Å². The lowest BCUT2D eigenvalue weighted by Crippen LogP contribution is -2.07. The van der Waals surface area contributed by atoms with Crippen LogP contribution in [0.1, 0.15) is 28.1 Å². The fourth-order valence-electron chi connectivity index (χ4n) is 2.64. The Kier molecular flexibility index (Phi) is 5.59. The number of rotatable bonds is 6. The number of aromatic nitrogens is 2. The molecule has 0 aliphatic carbocycles. The maximum atomic E-state index is 12.0. The molecule has 1 N–H and O–H groups in total. The first kappa shape index (κ1) is 19.0. The van der Waals surface area contributed by atoms with E-state index in [1.807, 2.05) is 26.0 Å². The van der Waals surface area contributed by atoms with Crippen molar-refractivity contribution in [1.29, 1.82) is 0 Å². The molecule has 0 unspecified atom stereocenters. The van der Waals surface area contributed by atoms with Gasteiger partial charge >= 0.3 is 6.01 Å². The second-order valence-electron chi connectivity index (χ2n) is 6.28. The third kappa shape index (κ3) is 4.88. The van der Waals surface area contributed by atoms with Crippen LogP contribution in [-0.2, 0) is 11.2 Å². The second-order valence-corrected chi connectivity index (χ2v) is 6.28. The molecule has 142 valence electrons. The van der Waals surface area contributed by atoms with Gasteiger partial charge in [0.2, 0.25) is 5.89 Å². The first-order valence-electron chi connectivity index (χ1n) is 8.53. The summed E-state index contributed by atoms with van der Waals surface area (Å²) in [5.74, 6) is -0.0851. The van der Waals surface area contributed by atoms with E-state index in [2.05, 4.69) is 21.6 Å². The molecule has 1 aromatic heterocycles. The SMILES string of the molecule is Cc1ccc(Cc2nnc(NC(=O)C=Cc3cccc([N+](=O)[O-])c3)o2)c(C)c1. The van der Waals surface area contributed by atoms with Crippen LogP contribution in [0.2, 0.25) is 0 Å². The molecule has 0 aliphatic heterocycles. The minimum absolute atomic E-state index is 0.00606. The van der Waals surface area contributed by atoms with Gasteiger partial charge in [-0.3, -0.25) is 20.2 Å². The minimum Gasteiger partial charge on any atom is -0.407 e. The van der Waals surface area contributed by atoms with Crippen LogP contribution in [0.5, 0.6) is 0 Å². The number of hydrogen-bond donors (Lipinski definition) is 1. The number of anilines is 1. The van der Waals surface area contributed by atoms with E-state index in [1.54, 1.807) is 12.1 Å². The molecule has 28 heavy (non-hydrogen) atoms. The molecule has 0 saturated carbocycles. The van der Waals surface area contributed by atoms with Crippen LogP contribution in [-0.4, -0.2) is 21.0 Å². The lowest BCUT2D eigenvalue weighted by Gasteiger charge is -2.03. The molecule has 0 fully saturated rings. The molecule has 0 bridgehead atoms. The Labute approximate surface area is 161 Å². The van der Waals surface area contributed by atoms with Crippen molar-refractivity contribution in [2.24, 2.45) is 0 Å². The summed E-state index contributed by atoms with van der Waals surface area (Å²) in [5.41, 5.74) is 3.86. The quantitative estimate of drug-likeness (QED) is 0.396. The first-order valence-corrected chi connectivity index (χ1v) is 8.53. The van der Waals surface area contributed by atoms with Gasteiger partial charge in [-0.15, -0.1) is 5.10 Å². The number of non-ortho nitro benzene ring substituents is 1. The lowest BCUT2D eigenvalue weighted by molar-refractivity contribution is -0.384. The van der Waals surface area contributed by atoms with Crippen molar-refractivity contribution in [2.75, 3.05) is 5.32 Å². The number of benzene rings is 2. The summed E-state index contributed by atoms with van der Waals surface area (Å²) in [6, 6.07) is 12.1. The van der Waals surface area contributed by atoms with Crippen molar-refractivity contribution < 1.29 is 14.1 Å². The third-order valence-corrected chi connectivity index (χ3v) is 4.04. The Morgan fingerprint density at radius 3 is 2.79 bits per heavy atom. The van der Waals surface area contributed by atoms with E-state index in [-0.39, 0.29) is 11.7 Å². The average Bonchev–Trinajstić information content (AvgIpc) is 3.09. The van der Waals surface area contributed by atoms with Crippen molar-refractivity contribution in [1.82, 2.24) is 10.2 Å². The van der Waals surface area contributed by atoms with Crippen molar-refractivity contribution in [3.8, 4) is 0 Å². The van der Waals surface area contributed by atoms with Crippen LogP contribution >= 0.6 is 0 Å². The number of nitro groups is 1. The van der Waals surface area contributed by atoms with Gasteiger partial charge in [0.1, 0.15) is 0 Å². The molecule has 0 radical (unpaired) electrons. The molecular weight excluding hydrogens is 360 g/mol. The lowest BCUT2D eigenvalue weighted by atomic mass is 10.0. The first-order chi connectivity index (χ1) is 13.4. The minimum atomic E-state index is -0.493. The van der Waals surface area contributed by atoms with Crippen molar-refractivity contribution in [3.63, 3.8) is 0 Å². The highest BCUT2D eigenvalue weighted by molar-refractivity contribution is 6.00. The van der Waals surface area contributed by atoms with Gasteiger partial charge in [-0.1, -0.05) is 41.0 Å². The summed E-state index contributed by atoms with van der Waals surface area (Å²) in [7, 11) is 0. The molecule has 3 rings (SSSR count). The molecule has 0 saturated heterocycles. The Bertz CT molecular complexity index is 1060. The molecule has 0 spiro atoms. The number of hydrogen-bond acceptors (Lipinski definition) is 6. The highest BCUT2D eigenvalue weighted by Gasteiger charge is 2.10. The highest BCUT2D eigenvalue weighted by Crippen LogP contribution is 2.17. The van der Waals surface area contributed by atoms with Crippen LogP contribution in [0.3, 0.4) is 0 Å². The van der Waals surface area contributed by atoms with Gasteiger partial charge in [0.05, 0.1) is 11.3 Å². The van der Waals surface area contributed by atoms with Gasteiger partial charge in [0, 0.05) is 18.2 Å². The molecule has 8 heteroatoms. The van der Waals surface area contributed by atoms with Crippen molar-refractivity contribution in [2.45, 2.75) is 20.3 Å². The van der Waals surface area contributed by atoms with Gasteiger partial charge in [0.15, 0.2) is 0 Å². The summed E-state index contributed by atoms with van der Waals surface area (Å²) in [4.78, 5) is 22.3. The number of aryl methyl sites for hydroxylation is 2. The third-order valence-electron chi connectivity index (χ3n) is 4.04. The van der Waals surface area contributed by atoms with Crippen LogP contribution in [0, 0.1) is 24.0 Å². The predicted octanol–water partition coefficient (Wildman–Crippen LogP) is 3.84. The molecule has 1 heterocycles. The topological polar surface area (TPSA) is 111 Å². The fraction of sp³-hybridized carbons (Fsp3) is 0.150. The number of amides is 1. The Morgan fingerprint density at radius 1 is 1.21 bits per heavy atom. The van der Waals surface area contributed by atoms with E-state index in [1.165, 1.54) is 29.8 Å². The summed E-state index contributed by atoms with van der Waals surface area (Å²) < 4.78 is 5.47. The largest absolute Gasteiger partial charge is 0.407 e. The molecule has 8 nitrogen and oxygen atoms in total. The Balaban J connectivity index is 1.62. The van der Waals surface area contributed by atoms with E-state index >= 15 is 0 Å². The van der Waals surface area contributed by atoms with E-state index in [4.69, 9.17) is 4.42 Å². The zero-order chi connectivity index (χ0) is 20.1. The number of carbonyl (C=O) groups excluding carboxylic acids is 1. The van der Waals surface area contributed by atoms with Gasteiger partial charge in [-0.25, -0.2) is 0 Å². The van der Waals surface area contributed by atoms with Crippen LogP contribution in [0.25, 0.3) is 6.08 Å². The van der Waals surface area contributed by atoms with Crippen LogP contribution in [0.15, 0.2) is 53.0 Å². The number of nitrogens with zero attached hydrogens (tertiary/aromatic N) is 3. The molecule has 2 aromatic carbocycles. The van der Waals surface area contributed by atoms with Crippen molar-refractivity contribution >= 4 is 23.7 Å². The maximum absolute atomic E-state index is 12.0. The summed E-state index contributed by atoms with van der Waals surface area (Å²) >= 11 is 0. The van der Waals surface area contributed by atoms with Gasteiger partial charge in [0.25, 0.3) is 11.6 Å². The number of nitro benzene ring substituents is 1. The fourth-order valence-corrected chi connectivity index (χ4v) is 2.64. The normalized spacial score (nSPS) is 10.9. The maximum Gasteiger partial charge on any atom is 0.322 e.